The van der Waals surface area contributed by atoms with Crippen LogP contribution in [0.25, 0.3) is 10.9 Å². The Morgan fingerprint density at radius 2 is 1.93 bits per heavy atom. The molecule has 2 N–H and O–H groups in total. The molecule has 0 atom stereocenters. The normalized spacial score (nSPS) is 15.3. The number of benzene rings is 1. The van der Waals surface area contributed by atoms with E-state index in [2.05, 4.69) is 34.8 Å². The van der Waals surface area contributed by atoms with E-state index < -0.39 is 0 Å². The minimum atomic E-state index is 0.152. The molecule has 3 heterocycles. The highest BCUT2D eigenvalue weighted by Gasteiger charge is 2.24. The Labute approximate surface area is 169 Å². The van der Waals surface area contributed by atoms with Gasteiger partial charge in [0, 0.05) is 36.4 Å². The third-order valence-corrected chi connectivity index (χ3v) is 6.40. The van der Waals surface area contributed by atoms with Crippen molar-refractivity contribution in [1.82, 2.24) is 19.8 Å². The van der Waals surface area contributed by atoms with Gasteiger partial charge in [0.2, 0.25) is 0 Å². The molecular formula is C21H25N5OS. The van der Waals surface area contributed by atoms with Gasteiger partial charge in [-0.1, -0.05) is 19.1 Å². The smallest absolute Gasteiger partial charge is 0.264 e. The Balaban J connectivity index is 1.39. The minimum Gasteiger partial charge on any atom is -0.383 e. The van der Waals surface area contributed by atoms with Crippen molar-refractivity contribution in [2.45, 2.75) is 26.8 Å². The summed E-state index contributed by atoms with van der Waals surface area (Å²) >= 11 is 1.61. The number of fused-ring (bicyclic) bond motifs is 1. The van der Waals surface area contributed by atoms with E-state index in [1.807, 2.05) is 29.2 Å². The van der Waals surface area contributed by atoms with Crippen LogP contribution in [0.3, 0.4) is 0 Å². The van der Waals surface area contributed by atoms with Gasteiger partial charge in [0.15, 0.2) is 0 Å². The number of aromatic nitrogens is 2. The molecule has 1 aliphatic heterocycles. The maximum Gasteiger partial charge on any atom is 0.264 e. The molecule has 0 bridgehead atoms. The number of carbonyl (C=O) groups excluding carboxylic acids is 1. The molecule has 1 aromatic carbocycles. The lowest BCUT2D eigenvalue weighted by atomic mass is 10.2. The number of para-hydroxylation sites is 1. The van der Waals surface area contributed by atoms with Crippen molar-refractivity contribution >= 4 is 34.0 Å². The van der Waals surface area contributed by atoms with E-state index in [0.717, 1.165) is 54.2 Å². The van der Waals surface area contributed by atoms with Gasteiger partial charge in [-0.05, 0) is 37.1 Å². The first-order valence-corrected chi connectivity index (χ1v) is 10.5. The van der Waals surface area contributed by atoms with E-state index in [9.17, 15) is 4.79 Å². The number of hydrogen-bond donors (Lipinski definition) is 1. The molecule has 0 saturated carbocycles. The molecule has 1 amide bonds. The summed E-state index contributed by atoms with van der Waals surface area (Å²) in [5, 5.41) is 0.888. The fourth-order valence-electron chi connectivity index (χ4n) is 3.66. The lowest BCUT2D eigenvalue weighted by Crippen LogP contribution is -2.48. The molecule has 7 heteroatoms. The van der Waals surface area contributed by atoms with Crippen molar-refractivity contribution in [2.24, 2.45) is 0 Å². The van der Waals surface area contributed by atoms with Gasteiger partial charge in [-0.3, -0.25) is 9.69 Å². The maximum atomic E-state index is 12.8. The maximum absolute atomic E-state index is 12.8. The lowest BCUT2D eigenvalue weighted by molar-refractivity contribution is 0.0630. The van der Waals surface area contributed by atoms with Crippen LogP contribution in [0.15, 0.2) is 30.3 Å². The van der Waals surface area contributed by atoms with Crippen LogP contribution in [0.2, 0.25) is 0 Å². The molecule has 1 saturated heterocycles. The van der Waals surface area contributed by atoms with E-state index >= 15 is 0 Å². The second-order valence-corrected chi connectivity index (χ2v) is 8.41. The van der Waals surface area contributed by atoms with Gasteiger partial charge in [0.05, 0.1) is 16.9 Å². The fourth-order valence-corrected chi connectivity index (χ4v) is 4.74. The minimum absolute atomic E-state index is 0.152. The molecule has 0 aliphatic carbocycles. The summed E-state index contributed by atoms with van der Waals surface area (Å²) in [5.41, 5.74) is 8.24. The second-order valence-electron chi connectivity index (χ2n) is 7.16. The molecule has 6 nitrogen and oxygen atoms in total. The summed E-state index contributed by atoms with van der Waals surface area (Å²) in [6.07, 6.45) is 0.971. The van der Waals surface area contributed by atoms with Crippen LogP contribution in [0.5, 0.6) is 0 Å². The van der Waals surface area contributed by atoms with Crippen LogP contribution in [-0.2, 0) is 13.0 Å². The molecule has 2 aromatic heterocycles. The molecule has 0 radical (unpaired) electrons. The summed E-state index contributed by atoms with van der Waals surface area (Å²) < 4.78 is 0. The van der Waals surface area contributed by atoms with Gasteiger partial charge in [0.25, 0.3) is 5.91 Å². The van der Waals surface area contributed by atoms with E-state index in [1.165, 1.54) is 10.4 Å². The van der Waals surface area contributed by atoms with Crippen molar-refractivity contribution < 1.29 is 4.79 Å². The van der Waals surface area contributed by atoms with Gasteiger partial charge in [0.1, 0.15) is 11.6 Å². The SMILES string of the molecule is CCc1cc(C(=O)N2CCN(Cc3nc(N)c4ccccc4n3)CC2)sc1C. The Hall–Kier alpha value is -2.51. The number of rotatable bonds is 4. The van der Waals surface area contributed by atoms with Gasteiger partial charge >= 0.3 is 0 Å². The van der Waals surface area contributed by atoms with E-state index in [4.69, 9.17) is 5.73 Å². The average molecular weight is 396 g/mol. The van der Waals surface area contributed by atoms with Crippen LogP contribution < -0.4 is 5.73 Å². The zero-order valence-corrected chi connectivity index (χ0v) is 17.1. The average Bonchev–Trinajstić information content (AvgIpc) is 3.09. The largest absolute Gasteiger partial charge is 0.383 e. The van der Waals surface area contributed by atoms with Crippen LogP contribution >= 0.6 is 11.3 Å². The summed E-state index contributed by atoms with van der Waals surface area (Å²) in [6.45, 7) is 7.94. The number of thiophene rings is 1. The Morgan fingerprint density at radius 3 is 2.64 bits per heavy atom. The van der Waals surface area contributed by atoms with Gasteiger partial charge in [-0.15, -0.1) is 11.3 Å². The summed E-state index contributed by atoms with van der Waals surface area (Å²) in [7, 11) is 0. The number of hydrogen-bond acceptors (Lipinski definition) is 6. The first-order chi connectivity index (χ1) is 13.5. The van der Waals surface area contributed by atoms with Gasteiger partial charge in [-0.2, -0.15) is 0 Å². The third kappa shape index (κ3) is 3.72. The third-order valence-electron chi connectivity index (χ3n) is 5.32. The molecule has 0 spiro atoms. The van der Waals surface area contributed by atoms with Crippen molar-refractivity contribution in [3.05, 3.63) is 51.5 Å². The summed E-state index contributed by atoms with van der Waals surface area (Å²) in [4.78, 5) is 28.3. The monoisotopic (exact) mass is 395 g/mol. The van der Waals surface area contributed by atoms with E-state index in [0.29, 0.717) is 12.4 Å². The lowest BCUT2D eigenvalue weighted by Gasteiger charge is -2.34. The predicted molar refractivity (Wildman–Crippen MR) is 114 cm³/mol. The predicted octanol–water partition coefficient (Wildman–Crippen LogP) is 3.10. The molecule has 0 unspecified atom stereocenters. The highest BCUT2D eigenvalue weighted by molar-refractivity contribution is 7.14. The van der Waals surface area contributed by atoms with Gasteiger partial charge < -0.3 is 10.6 Å². The molecule has 28 heavy (non-hydrogen) atoms. The highest BCUT2D eigenvalue weighted by atomic mass is 32.1. The van der Waals surface area contributed by atoms with E-state index in [-0.39, 0.29) is 5.91 Å². The molecule has 3 aromatic rings. The molecule has 4 rings (SSSR count). The van der Waals surface area contributed by atoms with Gasteiger partial charge in [-0.25, -0.2) is 9.97 Å². The Kier molecular flexibility index (Phi) is 5.28. The molecular weight excluding hydrogens is 370 g/mol. The number of piperazine rings is 1. The summed E-state index contributed by atoms with van der Waals surface area (Å²) in [6, 6.07) is 9.85. The number of nitrogen functional groups attached to an aromatic ring is 1. The number of carbonyl (C=O) groups is 1. The molecule has 146 valence electrons. The van der Waals surface area contributed by atoms with Crippen molar-refractivity contribution in [3.63, 3.8) is 0 Å². The van der Waals surface area contributed by atoms with Crippen LogP contribution in [-0.4, -0.2) is 51.9 Å². The number of anilines is 1. The van der Waals surface area contributed by atoms with Crippen molar-refractivity contribution in [1.29, 1.82) is 0 Å². The zero-order chi connectivity index (χ0) is 19.7. The summed E-state index contributed by atoms with van der Waals surface area (Å²) in [5.74, 6) is 1.41. The number of nitrogens with two attached hydrogens (primary N) is 1. The Morgan fingerprint density at radius 1 is 1.18 bits per heavy atom. The van der Waals surface area contributed by atoms with Crippen LogP contribution in [0, 0.1) is 6.92 Å². The van der Waals surface area contributed by atoms with E-state index in [1.54, 1.807) is 11.3 Å². The second kappa shape index (κ2) is 7.85. The Bertz CT molecular complexity index is 1010. The number of amides is 1. The zero-order valence-electron chi connectivity index (χ0n) is 16.3. The van der Waals surface area contributed by atoms with Crippen molar-refractivity contribution in [3.8, 4) is 0 Å². The van der Waals surface area contributed by atoms with Crippen LogP contribution in [0.4, 0.5) is 5.82 Å². The standard InChI is InChI=1S/C21H25N5OS/c1-3-15-12-18(28-14(15)2)21(27)26-10-8-25(9-11-26)13-19-23-17-7-5-4-6-16(17)20(22)24-19/h4-7,12H,3,8-11,13H2,1-2H3,(H2,22,23,24). The number of aryl methyl sites for hydroxylation is 2. The topological polar surface area (TPSA) is 75.4 Å². The molecule has 1 fully saturated rings. The number of nitrogens with zero attached hydrogens (tertiary/aromatic N) is 4. The van der Waals surface area contributed by atoms with Crippen LogP contribution in [0.1, 0.15) is 32.9 Å². The quantitative estimate of drug-likeness (QED) is 0.735. The molecule has 1 aliphatic rings. The first kappa shape index (κ1) is 18.8. The first-order valence-electron chi connectivity index (χ1n) is 9.67. The highest BCUT2D eigenvalue weighted by Crippen LogP contribution is 2.24. The van der Waals surface area contributed by atoms with Crippen molar-refractivity contribution in [2.75, 3.05) is 31.9 Å². The fraction of sp³-hybridized carbons (Fsp3) is 0.381.